The van der Waals surface area contributed by atoms with Gasteiger partial charge in [0.1, 0.15) is 6.04 Å². The highest BCUT2D eigenvalue weighted by Gasteiger charge is 2.16. The molecule has 3 aromatic heterocycles. The van der Waals surface area contributed by atoms with Gasteiger partial charge in [-0.1, -0.05) is 11.2 Å². The summed E-state index contributed by atoms with van der Waals surface area (Å²) in [5.41, 5.74) is 0.940. The minimum absolute atomic E-state index is 0.0641. The molecule has 0 bridgehead atoms. The van der Waals surface area contributed by atoms with E-state index in [1.165, 1.54) is 0 Å². The molecule has 0 aliphatic carbocycles. The lowest BCUT2D eigenvalue weighted by atomic mass is 10.3. The molecular weight excluding hydrogens is 274 g/mol. The van der Waals surface area contributed by atoms with Crippen LogP contribution in [-0.2, 0) is 6.54 Å². The van der Waals surface area contributed by atoms with Crippen molar-refractivity contribution in [3.63, 3.8) is 0 Å². The van der Waals surface area contributed by atoms with Crippen LogP contribution in [0.2, 0.25) is 0 Å². The van der Waals surface area contributed by atoms with E-state index in [0.29, 0.717) is 11.7 Å². The first-order valence-electron chi connectivity index (χ1n) is 6.42. The standard InChI is InChI=1S/C13H15N5OS/c1-3-18-8-10(7-14-18)15-9(2)13-16-12(17-19-13)11-5-4-6-20-11/h4-9,15H,3H2,1-2H3/t9-/m1/s1. The first kappa shape index (κ1) is 12.9. The first-order valence-corrected chi connectivity index (χ1v) is 7.30. The van der Waals surface area contributed by atoms with Gasteiger partial charge < -0.3 is 9.84 Å². The van der Waals surface area contributed by atoms with Crippen molar-refractivity contribution >= 4 is 17.0 Å². The molecule has 6 nitrogen and oxygen atoms in total. The molecule has 0 aliphatic heterocycles. The molecule has 0 radical (unpaired) electrons. The normalized spacial score (nSPS) is 12.5. The Morgan fingerprint density at radius 3 is 3.10 bits per heavy atom. The van der Waals surface area contributed by atoms with Gasteiger partial charge in [-0.15, -0.1) is 11.3 Å². The fourth-order valence-electron chi connectivity index (χ4n) is 1.84. The van der Waals surface area contributed by atoms with Gasteiger partial charge in [-0.2, -0.15) is 10.1 Å². The van der Waals surface area contributed by atoms with Gasteiger partial charge in [0.2, 0.25) is 11.7 Å². The van der Waals surface area contributed by atoms with E-state index in [9.17, 15) is 0 Å². The van der Waals surface area contributed by atoms with Gasteiger partial charge >= 0.3 is 0 Å². The fourth-order valence-corrected chi connectivity index (χ4v) is 2.49. The third-order valence-corrected chi connectivity index (χ3v) is 3.76. The average Bonchev–Trinajstić information content (AvgIpc) is 3.19. The van der Waals surface area contributed by atoms with Gasteiger partial charge in [-0.25, -0.2) is 0 Å². The summed E-state index contributed by atoms with van der Waals surface area (Å²) in [6, 6.07) is 3.88. The summed E-state index contributed by atoms with van der Waals surface area (Å²) in [5, 5.41) is 13.5. The largest absolute Gasteiger partial charge is 0.371 e. The molecule has 3 aromatic rings. The van der Waals surface area contributed by atoms with Crippen LogP contribution in [0, 0.1) is 0 Å². The molecule has 0 fully saturated rings. The second kappa shape index (κ2) is 5.46. The Morgan fingerprint density at radius 2 is 2.40 bits per heavy atom. The molecule has 0 aromatic carbocycles. The van der Waals surface area contributed by atoms with Gasteiger partial charge in [0.25, 0.3) is 0 Å². The molecule has 0 saturated carbocycles. The second-order valence-corrected chi connectivity index (χ2v) is 5.33. The quantitative estimate of drug-likeness (QED) is 0.781. The molecule has 0 aliphatic rings. The summed E-state index contributed by atoms with van der Waals surface area (Å²) in [6.45, 7) is 4.87. The van der Waals surface area contributed by atoms with E-state index in [4.69, 9.17) is 4.52 Å². The van der Waals surface area contributed by atoms with Crippen LogP contribution >= 0.6 is 11.3 Å². The van der Waals surface area contributed by atoms with E-state index in [0.717, 1.165) is 17.1 Å². The van der Waals surface area contributed by atoms with Crippen LogP contribution in [0.25, 0.3) is 10.7 Å². The summed E-state index contributed by atoms with van der Waals surface area (Å²) in [7, 11) is 0. The van der Waals surface area contributed by atoms with E-state index < -0.39 is 0 Å². The van der Waals surface area contributed by atoms with E-state index in [2.05, 4.69) is 20.6 Å². The zero-order valence-electron chi connectivity index (χ0n) is 11.3. The highest BCUT2D eigenvalue weighted by molar-refractivity contribution is 7.13. The van der Waals surface area contributed by atoms with E-state index in [1.807, 2.05) is 42.2 Å². The summed E-state index contributed by atoms with van der Waals surface area (Å²) in [5.74, 6) is 1.20. The molecule has 3 heterocycles. The zero-order valence-corrected chi connectivity index (χ0v) is 12.1. The van der Waals surface area contributed by atoms with Crippen LogP contribution in [0.5, 0.6) is 0 Å². The smallest absolute Gasteiger partial charge is 0.249 e. The second-order valence-electron chi connectivity index (χ2n) is 4.38. The van der Waals surface area contributed by atoms with Crippen molar-refractivity contribution in [3.8, 4) is 10.7 Å². The number of thiophene rings is 1. The van der Waals surface area contributed by atoms with Crippen molar-refractivity contribution in [2.45, 2.75) is 26.4 Å². The van der Waals surface area contributed by atoms with Gasteiger partial charge in [0.15, 0.2) is 0 Å². The lowest BCUT2D eigenvalue weighted by Gasteiger charge is -2.07. The number of hydrogen-bond donors (Lipinski definition) is 1. The zero-order chi connectivity index (χ0) is 13.9. The molecule has 1 N–H and O–H groups in total. The monoisotopic (exact) mass is 289 g/mol. The number of aromatic nitrogens is 4. The number of aryl methyl sites for hydroxylation is 1. The van der Waals surface area contributed by atoms with Crippen LogP contribution in [-0.4, -0.2) is 19.9 Å². The highest BCUT2D eigenvalue weighted by atomic mass is 32.1. The Hall–Kier alpha value is -2.15. The highest BCUT2D eigenvalue weighted by Crippen LogP contribution is 2.24. The molecule has 3 rings (SSSR count). The van der Waals surface area contributed by atoms with Crippen LogP contribution in [0.15, 0.2) is 34.4 Å². The van der Waals surface area contributed by atoms with Crippen molar-refractivity contribution < 1.29 is 4.52 Å². The summed E-state index contributed by atoms with van der Waals surface area (Å²) < 4.78 is 7.17. The molecule has 1 atom stereocenters. The van der Waals surface area contributed by atoms with Crippen LogP contribution in [0.3, 0.4) is 0 Å². The molecule has 0 amide bonds. The number of rotatable bonds is 5. The van der Waals surface area contributed by atoms with Crippen molar-refractivity contribution in [2.24, 2.45) is 0 Å². The fraction of sp³-hybridized carbons (Fsp3) is 0.308. The molecule has 0 spiro atoms. The average molecular weight is 289 g/mol. The number of anilines is 1. The number of hydrogen-bond acceptors (Lipinski definition) is 6. The van der Waals surface area contributed by atoms with E-state index in [-0.39, 0.29) is 6.04 Å². The third-order valence-electron chi connectivity index (χ3n) is 2.89. The molecule has 7 heteroatoms. The maximum atomic E-state index is 5.31. The van der Waals surface area contributed by atoms with Gasteiger partial charge in [0.05, 0.1) is 16.8 Å². The molecule has 104 valence electrons. The Balaban J connectivity index is 1.72. The lowest BCUT2D eigenvalue weighted by Crippen LogP contribution is -2.06. The van der Waals surface area contributed by atoms with Gasteiger partial charge in [-0.3, -0.25) is 4.68 Å². The van der Waals surface area contributed by atoms with Crippen LogP contribution < -0.4 is 5.32 Å². The first-order chi connectivity index (χ1) is 9.76. The Kier molecular flexibility index (Phi) is 3.51. The lowest BCUT2D eigenvalue weighted by molar-refractivity contribution is 0.368. The Morgan fingerprint density at radius 1 is 1.50 bits per heavy atom. The predicted molar refractivity (Wildman–Crippen MR) is 77.5 cm³/mol. The minimum Gasteiger partial charge on any atom is -0.371 e. The molecule has 0 unspecified atom stereocenters. The van der Waals surface area contributed by atoms with Crippen LogP contribution in [0.4, 0.5) is 5.69 Å². The summed E-state index contributed by atoms with van der Waals surface area (Å²) >= 11 is 1.59. The maximum absolute atomic E-state index is 5.31. The number of nitrogens with zero attached hydrogens (tertiary/aromatic N) is 4. The minimum atomic E-state index is -0.0641. The Labute approximate surface area is 120 Å². The van der Waals surface area contributed by atoms with E-state index >= 15 is 0 Å². The van der Waals surface area contributed by atoms with Crippen molar-refractivity contribution in [2.75, 3.05) is 5.32 Å². The summed E-state index contributed by atoms with van der Waals surface area (Å²) in [6.07, 6.45) is 3.74. The van der Waals surface area contributed by atoms with E-state index in [1.54, 1.807) is 17.5 Å². The molecular formula is C13H15N5OS. The Bertz CT molecular complexity index is 673. The topological polar surface area (TPSA) is 68.8 Å². The summed E-state index contributed by atoms with van der Waals surface area (Å²) in [4.78, 5) is 5.42. The van der Waals surface area contributed by atoms with Crippen molar-refractivity contribution in [3.05, 3.63) is 35.8 Å². The van der Waals surface area contributed by atoms with Crippen molar-refractivity contribution in [1.29, 1.82) is 0 Å². The maximum Gasteiger partial charge on any atom is 0.249 e. The van der Waals surface area contributed by atoms with Gasteiger partial charge in [0, 0.05) is 12.7 Å². The number of nitrogens with one attached hydrogen (secondary N) is 1. The van der Waals surface area contributed by atoms with Crippen LogP contribution in [0.1, 0.15) is 25.8 Å². The predicted octanol–water partition coefficient (Wildman–Crippen LogP) is 3.19. The van der Waals surface area contributed by atoms with Gasteiger partial charge in [-0.05, 0) is 25.3 Å². The third kappa shape index (κ3) is 2.57. The molecule has 0 saturated heterocycles. The van der Waals surface area contributed by atoms with Crippen molar-refractivity contribution in [1.82, 2.24) is 19.9 Å². The molecule has 20 heavy (non-hydrogen) atoms. The SMILES string of the molecule is CCn1cc(N[C@H](C)c2nc(-c3cccs3)no2)cn1.